The molecule has 1 aliphatic rings. The molecule has 0 radical (unpaired) electrons. The molecule has 0 N–H and O–H groups in total. The standard InChI is InChI=1S/C18H22ClN3O2S/c1-2-22(15-6-4-3-5-7-15)16(23)12-25-18-21-20-17(24-18)13-8-10-14(19)11-9-13/h8-11,15H,2-7,12H2,1H3. The van der Waals surface area contributed by atoms with Crippen LogP contribution in [0.25, 0.3) is 11.5 Å². The van der Waals surface area contributed by atoms with Crippen molar-refractivity contribution in [1.29, 1.82) is 0 Å². The van der Waals surface area contributed by atoms with E-state index in [0.717, 1.165) is 24.9 Å². The molecule has 1 heterocycles. The maximum Gasteiger partial charge on any atom is 0.277 e. The Bertz CT molecular complexity index is 699. The van der Waals surface area contributed by atoms with Crippen LogP contribution in [0.4, 0.5) is 0 Å². The molecule has 0 unspecified atom stereocenters. The van der Waals surface area contributed by atoms with Crippen LogP contribution in [0.3, 0.4) is 0 Å². The van der Waals surface area contributed by atoms with Gasteiger partial charge in [0, 0.05) is 23.2 Å². The molecular weight excluding hydrogens is 358 g/mol. The summed E-state index contributed by atoms with van der Waals surface area (Å²) < 4.78 is 5.65. The van der Waals surface area contributed by atoms with Crippen molar-refractivity contribution >= 4 is 29.3 Å². The zero-order chi connectivity index (χ0) is 17.6. The van der Waals surface area contributed by atoms with Gasteiger partial charge in [-0.2, -0.15) is 0 Å². The van der Waals surface area contributed by atoms with Crippen molar-refractivity contribution in [2.75, 3.05) is 12.3 Å². The Kier molecular flexibility index (Phi) is 6.37. The molecule has 134 valence electrons. The fraction of sp³-hybridized carbons (Fsp3) is 0.500. The minimum absolute atomic E-state index is 0.144. The number of rotatable bonds is 6. The summed E-state index contributed by atoms with van der Waals surface area (Å²) in [5, 5.41) is 9.14. The highest BCUT2D eigenvalue weighted by Crippen LogP contribution is 2.26. The number of carbonyl (C=O) groups is 1. The summed E-state index contributed by atoms with van der Waals surface area (Å²) in [5.74, 6) is 0.906. The normalized spacial score (nSPS) is 15.3. The SMILES string of the molecule is CCN(C(=O)CSc1nnc(-c2ccc(Cl)cc2)o1)C1CCCCC1. The third kappa shape index (κ3) is 4.76. The van der Waals surface area contributed by atoms with Crippen LogP contribution < -0.4 is 0 Å². The largest absolute Gasteiger partial charge is 0.411 e. The van der Waals surface area contributed by atoms with Crippen molar-refractivity contribution in [3.8, 4) is 11.5 Å². The molecule has 0 spiro atoms. The van der Waals surface area contributed by atoms with Gasteiger partial charge in [0.1, 0.15) is 0 Å². The summed E-state index contributed by atoms with van der Waals surface area (Å²) in [7, 11) is 0. The van der Waals surface area contributed by atoms with Crippen molar-refractivity contribution < 1.29 is 9.21 Å². The number of halogens is 1. The van der Waals surface area contributed by atoms with E-state index < -0.39 is 0 Å². The quantitative estimate of drug-likeness (QED) is 0.683. The third-order valence-electron chi connectivity index (χ3n) is 4.49. The monoisotopic (exact) mass is 379 g/mol. The Morgan fingerprint density at radius 2 is 1.96 bits per heavy atom. The minimum atomic E-state index is 0.144. The Morgan fingerprint density at radius 3 is 2.64 bits per heavy atom. The summed E-state index contributed by atoms with van der Waals surface area (Å²) >= 11 is 7.18. The summed E-state index contributed by atoms with van der Waals surface area (Å²) in [6, 6.07) is 7.61. The molecule has 1 amide bonds. The highest BCUT2D eigenvalue weighted by molar-refractivity contribution is 7.99. The van der Waals surface area contributed by atoms with Gasteiger partial charge in [0.25, 0.3) is 5.22 Å². The molecule has 1 aliphatic carbocycles. The molecule has 5 nitrogen and oxygen atoms in total. The molecule has 0 saturated heterocycles. The fourth-order valence-electron chi connectivity index (χ4n) is 3.21. The second kappa shape index (κ2) is 8.72. The number of nitrogens with zero attached hydrogens (tertiary/aromatic N) is 3. The van der Waals surface area contributed by atoms with E-state index >= 15 is 0 Å². The van der Waals surface area contributed by atoms with Gasteiger partial charge in [-0.1, -0.05) is 42.6 Å². The van der Waals surface area contributed by atoms with E-state index in [2.05, 4.69) is 10.2 Å². The van der Waals surface area contributed by atoms with E-state index in [4.69, 9.17) is 16.0 Å². The Morgan fingerprint density at radius 1 is 1.24 bits per heavy atom. The smallest absolute Gasteiger partial charge is 0.277 e. The second-order valence-electron chi connectivity index (χ2n) is 6.14. The van der Waals surface area contributed by atoms with Gasteiger partial charge in [0.15, 0.2) is 0 Å². The molecule has 1 aromatic carbocycles. The average molecular weight is 380 g/mol. The van der Waals surface area contributed by atoms with Crippen LogP contribution in [-0.4, -0.2) is 39.3 Å². The number of hydrogen-bond acceptors (Lipinski definition) is 5. The van der Waals surface area contributed by atoms with E-state index in [1.165, 1.54) is 31.0 Å². The molecular formula is C18H22ClN3O2S. The predicted molar refractivity (Wildman–Crippen MR) is 99.7 cm³/mol. The van der Waals surface area contributed by atoms with Crippen molar-refractivity contribution in [2.45, 2.75) is 50.3 Å². The van der Waals surface area contributed by atoms with Crippen LogP contribution in [0.5, 0.6) is 0 Å². The highest BCUT2D eigenvalue weighted by atomic mass is 35.5. The van der Waals surface area contributed by atoms with Crippen LogP contribution in [0.1, 0.15) is 39.0 Å². The summed E-state index contributed by atoms with van der Waals surface area (Å²) in [6.45, 7) is 2.80. The Hall–Kier alpha value is -1.53. The van der Waals surface area contributed by atoms with E-state index in [1.54, 1.807) is 12.1 Å². The first-order chi connectivity index (χ1) is 12.2. The lowest BCUT2D eigenvalue weighted by Crippen LogP contribution is -2.42. The third-order valence-corrected chi connectivity index (χ3v) is 5.55. The van der Waals surface area contributed by atoms with Crippen LogP contribution >= 0.6 is 23.4 Å². The number of amides is 1. The van der Waals surface area contributed by atoms with Gasteiger partial charge in [0.2, 0.25) is 11.8 Å². The van der Waals surface area contributed by atoms with Crippen LogP contribution in [0, 0.1) is 0 Å². The molecule has 0 atom stereocenters. The molecule has 25 heavy (non-hydrogen) atoms. The first-order valence-electron chi connectivity index (χ1n) is 8.69. The summed E-state index contributed by atoms with van der Waals surface area (Å²) in [6.07, 6.45) is 5.95. The van der Waals surface area contributed by atoms with E-state index in [9.17, 15) is 4.79 Å². The van der Waals surface area contributed by atoms with E-state index in [1.807, 2.05) is 24.0 Å². The van der Waals surface area contributed by atoms with Crippen molar-refractivity contribution in [1.82, 2.24) is 15.1 Å². The van der Waals surface area contributed by atoms with Gasteiger partial charge in [-0.15, -0.1) is 10.2 Å². The average Bonchev–Trinajstić information content (AvgIpc) is 3.11. The van der Waals surface area contributed by atoms with Gasteiger partial charge in [-0.25, -0.2) is 0 Å². The van der Waals surface area contributed by atoms with Crippen LogP contribution in [0.15, 0.2) is 33.9 Å². The number of hydrogen-bond donors (Lipinski definition) is 0. The molecule has 7 heteroatoms. The minimum Gasteiger partial charge on any atom is -0.411 e. The lowest BCUT2D eigenvalue weighted by atomic mass is 9.94. The van der Waals surface area contributed by atoms with Gasteiger partial charge >= 0.3 is 0 Å². The lowest BCUT2D eigenvalue weighted by molar-refractivity contribution is -0.131. The number of thioether (sulfide) groups is 1. The fourth-order valence-corrected chi connectivity index (χ4v) is 3.99. The maximum absolute atomic E-state index is 12.6. The maximum atomic E-state index is 12.6. The molecule has 0 aliphatic heterocycles. The topological polar surface area (TPSA) is 59.2 Å². The van der Waals surface area contributed by atoms with Gasteiger partial charge in [0.05, 0.1) is 5.75 Å². The molecule has 0 bridgehead atoms. The molecule has 1 fully saturated rings. The Balaban J connectivity index is 1.57. The summed E-state index contributed by atoms with van der Waals surface area (Å²) in [4.78, 5) is 14.6. The molecule has 1 aromatic heterocycles. The second-order valence-corrected chi connectivity index (χ2v) is 7.50. The Labute approximate surface area is 157 Å². The number of benzene rings is 1. The molecule has 2 aromatic rings. The zero-order valence-electron chi connectivity index (χ0n) is 14.3. The number of aromatic nitrogens is 2. The van der Waals surface area contributed by atoms with E-state index in [0.29, 0.717) is 27.9 Å². The van der Waals surface area contributed by atoms with Crippen LogP contribution in [0.2, 0.25) is 5.02 Å². The van der Waals surface area contributed by atoms with Crippen molar-refractivity contribution in [3.05, 3.63) is 29.3 Å². The first-order valence-corrected chi connectivity index (χ1v) is 10.1. The highest BCUT2D eigenvalue weighted by Gasteiger charge is 2.24. The van der Waals surface area contributed by atoms with Crippen molar-refractivity contribution in [3.63, 3.8) is 0 Å². The van der Waals surface area contributed by atoms with Gasteiger partial charge in [-0.05, 0) is 44.0 Å². The van der Waals surface area contributed by atoms with E-state index in [-0.39, 0.29) is 5.91 Å². The first kappa shape index (κ1) is 18.3. The van der Waals surface area contributed by atoms with Crippen LogP contribution in [-0.2, 0) is 4.79 Å². The van der Waals surface area contributed by atoms with Crippen molar-refractivity contribution in [2.24, 2.45) is 0 Å². The molecule has 1 saturated carbocycles. The number of carbonyl (C=O) groups excluding carboxylic acids is 1. The van der Waals surface area contributed by atoms with Gasteiger partial charge in [-0.3, -0.25) is 4.79 Å². The predicted octanol–water partition coefficient (Wildman–Crippen LogP) is 4.66. The molecule has 3 rings (SSSR count). The van der Waals surface area contributed by atoms with Gasteiger partial charge < -0.3 is 9.32 Å². The lowest BCUT2D eigenvalue weighted by Gasteiger charge is -2.33. The zero-order valence-corrected chi connectivity index (χ0v) is 15.9. The summed E-state index contributed by atoms with van der Waals surface area (Å²) in [5.41, 5.74) is 0.812.